The number of rotatable bonds is 3. The molecule has 1 heterocycles. The fourth-order valence-electron chi connectivity index (χ4n) is 2.16. The molecule has 0 aromatic heterocycles. The Morgan fingerprint density at radius 1 is 1.44 bits per heavy atom. The number of aryl methyl sites for hydroxylation is 1. The van der Waals surface area contributed by atoms with Crippen molar-refractivity contribution in [2.75, 3.05) is 13.1 Å². The largest absolute Gasteiger partial charge is 0.341 e. The van der Waals surface area contributed by atoms with E-state index in [2.05, 4.69) is 0 Å². The summed E-state index contributed by atoms with van der Waals surface area (Å²) in [4.78, 5) is 13.8. The number of nitrogens with zero attached hydrogens (tertiary/aromatic N) is 1. The van der Waals surface area contributed by atoms with Gasteiger partial charge >= 0.3 is 0 Å². The standard InChI is InChI=1S/C13H16Cl2N2O/c14-11-3-1-2-9(13(11)15)4-5-12(18)17-7-6-10(16)8-17/h1-3,10H,4-8,16H2/t10-/m1/s1. The lowest BCUT2D eigenvalue weighted by molar-refractivity contribution is -0.130. The first-order valence-electron chi connectivity index (χ1n) is 6.04. The Hall–Kier alpha value is -0.770. The van der Waals surface area contributed by atoms with Crippen LogP contribution in [0.15, 0.2) is 18.2 Å². The third-order valence-corrected chi connectivity index (χ3v) is 4.08. The van der Waals surface area contributed by atoms with Crippen LogP contribution in [0, 0.1) is 0 Å². The first-order valence-corrected chi connectivity index (χ1v) is 6.80. The zero-order valence-electron chi connectivity index (χ0n) is 10.0. The first-order chi connectivity index (χ1) is 8.58. The van der Waals surface area contributed by atoms with Crippen molar-refractivity contribution in [2.45, 2.75) is 25.3 Å². The van der Waals surface area contributed by atoms with Crippen molar-refractivity contribution in [3.63, 3.8) is 0 Å². The van der Waals surface area contributed by atoms with E-state index in [1.54, 1.807) is 6.07 Å². The highest BCUT2D eigenvalue weighted by Gasteiger charge is 2.23. The summed E-state index contributed by atoms with van der Waals surface area (Å²) in [6.45, 7) is 1.44. The van der Waals surface area contributed by atoms with E-state index in [1.165, 1.54) is 0 Å². The van der Waals surface area contributed by atoms with Crippen molar-refractivity contribution in [2.24, 2.45) is 5.73 Å². The third-order valence-electron chi connectivity index (χ3n) is 3.22. The molecule has 1 aromatic rings. The maximum absolute atomic E-state index is 12.0. The van der Waals surface area contributed by atoms with Gasteiger partial charge in [0.05, 0.1) is 10.0 Å². The average molecular weight is 287 g/mol. The second kappa shape index (κ2) is 5.91. The summed E-state index contributed by atoms with van der Waals surface area (Å²) in [5, 5.41) is 1.08. The SMILES string of the molecule is N[C@@H]1CCN(C(=O)CCc2cccc(Cl)c2Cl)C1. The van der Waals surface area contributed by atoms with E-state index in [9.17, 15) is 4.79 Å². The van der Waals surface area contributed by atoms with E-state index in [0.717, 1.165) is 18.5 Å². The van der Waals surface area contributed by atoms with Gasteiger partial charge in [-0.2, -0.15) is 0 Å². The summed E-state index contributed by atoms with van der Waals surface area (Å²) in [6.07, 6.45) is 1.96. The van der Waals surface area contributed by atoms with Gasteiger partial charge in [0.2, 0.25) is 5.91 Å². The number of halogens is 2. The van der Waals surface area contributed by atoms with E-state index in [0.29, 0.717) is 29.4 Å². The van der Waals surface area contributed by atoms with Crippen molar-refractivity contribution in [1.29, 1.82) is 0 Å². The highest BCUT2D eigenvalue weighted by molar-refractivity contribution is 6.42. The molecule has 1 atom stereocenters. The van der Waals surface area contributed by atoms with Crippen molar-refractivity contribution < 1.29 is 4.79 Å². The minimum atomic E-state index is 0.128. The molecule has 0 radical (unpaired) electrons. The molecule has 3 nitrogen and oxygen atoms in total. The molecule has 1 aliphatic heterocycles. The van der Waals surface area contributed by atoms with Gasteiger partial charge in [0.1, 0.15) is 0 Å². The summed E-state index contributed by atoms with van der Waals surface area (Å²) in [6, 6.07) is 5.62. The van der Waals surface area contributed by atoms with E-state index in [4.69, 9.17) is 28.9 Å². The Morgan fingerprint density at radius 2 is 2.22 bits per heavy atom. The molecule has 0 saturated carbocycles. The first kappa shape index (κ1) is 13.7. The van der Waals surface area contributed by atoms with Crippen molar-refractivity contribution in [3.8, 4) is 0 Å². The Balaban J connectivity index is 1.91. The molecule has 0 aliphatic carbocycles. The van der Waals surface area contributed by atoms with Gasteiger partial charge in [0.25, 0.3) is 0 Å². The average Bonchev–Trinajstić information content (AvgIpc) is 2.77. The van der Waals surface area contributed by atoms with Crippen LogP contribution in [0.25, 0.3) is 0 Å². The van der Waals surface area contributed by atoms with E-state index < -0.39 is 0 Å². The maximum Gasteiger partial charge on any atom is 0.222 e. The number of nitrogens with two attached hydrogens (primary N) is 1. The van der Waals surface area contributed by atoms with Crippen LogP contribution in [0.3, 0.4) is 0 Å². The van der Waals surface area contributed by atoms with Crippen molar-refractivity contribution in [3.05, 3.63) is 33.8 Å². The summed E-state index contributed by atoms with van der Waals surface area (Å²) >= 11 is 12.0. The van der Waals surface area contributed by atoms with Crippen LogP contribution in [0.2, 0.25) is 10.0 Å². The molecular weight excluding hydrogens is 271 g/mol. The molecule has 0 bridgehead atoms. The molecule has 1 aromatic carbocycles. The molecule has 2 rings (SSSR count). The second-order valence-electron chi connectivity index (χ2n) is 4.60. The highest BCUT2D eigenvalue weighted by atomic mass is 35.5. The molecule has 1 aliphatic rings. The molecule has 0 unspecified atom stereocenters. The molecule has 0 spiro atoms. The number of hydrogen-bond acceptors (Lipinski definition) is 2. The number of benzene rings is 1. The summed E-state index contributed by atoms with van der Waals surface area (Å²) in [5.74, 6) is 0.138. The second-order valence-corrected chi connectivity index (χ2v) is 5.39. The Kier molecular flexibility index (Phi) is 4.49. The molecule has 18 heavy (non-hydrogen) atoms. The molecule has 1 amide bonds. The number of hydrogen-bond donors (Lipinski definition) is 1. The van der Waals surface area contributed by atoms with Gasteiger partial charge in [-0.3, -0.25) is 4.79 Å². The lowest BCUT2D eigenvalue weighted by Crippen LogP contribution is -2.31. The Morgan fingerprint density at radius 3 is 2.89 bits per heavy atom. The van der Waals surface area contributed by atoms with Crippen LogP contribution in [-0.2, 0) is 11.2 Å². The van der Waals surface area contributed by atoms with Gasteiger partial charge in [0, 0.05) is 25.6 Å². The quantitative estimate of drug-likeness (QED) is 0.928. The van der Waals surface area contributed by atoms with E-state index in [1.807, 2.05) is 17.0 Å². The molecule has 5 heteroatoms. The van der Waals surface area contributed by atoms with Crippen LogP contribution >= 0.6 is 23.2 Å². The van der Waals surface area contributed by atoms with Gasteiger partial charge in [0.15, 0.2) is 0 Å². The lowest BCUT2D eigenvalue weighted by atomic mass is 10.1. The number of likely N-dealkylation sites (tertiary alicyclic amines) is 1. The van der Waals surface area contributed by atoms with Crippen molar-refractivity contribution >= 4 is 29.1 Å². The van der Waals surface area contributed by atoms with E-state index in [-0.39, 0.29) is 11.9 Å². The van der Waals surface area contributed by atoms with Crippen LogP contribution in [-0.4, -0.2) is 29.9 Å². The number of carbonyl (C=O) groups excluding carboxylic acids is 1. The van der Waals surface area contributed by atoms with E-state index >= 15 is 0 Å². The Labute approximate surface area is 117 Å². The van der Waals surface area contributed by atoms with Gasteiger partial charge in [-0.15, -0.1) is 0 Å². The highest BCUT2D eigenvalue weighted by Crippen LogP contribution is 2.26. The van der Waals surface area contributed by atoms with Crippen LogP contribution in [0.4, 0.5) is 0 Å². The molecule has 98 valence electrons. The monoisotopic (exact) mass is 286 g/mol. The summed E-state index contributed by atoms with van der Waals surface area (Å²) in [7, 11) is 0. The normalized spacial score (nSPS) is 19.3. The summed E-state index contributed by atoms with van der Waals surface area (Å²) < 4.78 is 0. The van der Waals surface area contributed by atoms with Crippen LogP contribution < -0.4 is 5.73 Å². The van der Waals surface area contributed by atoms with Gasteiger partial charge < -0.3 is 10.6 Å². The Bertz CT molecular complexity index is 451. The summed E-state index contributed by atoms with van der Waals surface area (Å²) in [5.41, 5.74) is 6.70. The predicted octanol–water partition coefficient (Wildman–Crippen LogP) is 2.49. The number of carbonyl (C=O) groups is 1. The smallest absolute Gasteiger partial charge is 0.222 e. The zero-order chi connectivity index (χ0) is 13.1. The van der Waals surface area contributed by atoms with Gasteiger partial charge in [-0.1, -0.05) is 35.3 Å². The number of amides is 1. The van der Waals surface area contributed by atoms with Crippen LogP contribution in [0.5, 0.6) is 0 Å². The topological polar surface area (TPSA) is 46.3 Å². The molecular formula is C13H16Cl2N2O. The lowest BCUT2D eigenvalue weighted by Gasteiger charge is -2.15. The van der Waals surface area contributed by atoms with Gasteiger partial charge in [-0.05, 0) is 24.5 Å². The molecule has 2 N–H and O–H groups in total. The molecule has 1 saturated heterocycles. The minimum absolute atomic E-state index is 0.128. The predicted molar refractivity (Wildman–Crippen MR) is 74.0 cm³/mol. The van der Waals surface area contributed by atoms with Crippen molar-refractivity contribution in [1.82, 2.24) is 4.90 Å². The minimum Gasteiger partial charge on any atom is -0.341 e. The third kappa shape index (κ3) is 3.16. The van der Waals surface area contributed by atoms with Crippen LogP contribution in [0.1, 0.15) is 18.4 Å². The fraction of sp³-hybridized carbons (Fsp3) is 0.462. The fourth-order valence-corrected chi connectivity index (χ4v) is 2.57. The van der Waals surface area contributed by atoms with Gasteiger partial charge in [-0.25, -0.2) is 0 Å². The zero-order valence-corrected chi connectivity index (χ0v) is 11.5. The maximum atomic E-state index is 12.0. The molecule has 1 fully saturated rings.